The summed E-state index contributed by atoms with van der Waals surface area (Å²) >= 11 is 0. The summed E-state index contributed by atoms with van der Waals surface area (Å²) in [6, 6.07) is 17.4. The Morgan fingerprint density at radius 1 is 1.06 bits per heavy atom. The SMILES string of the molecule is COc1ccc(-c2cccn3nc(Nc4ccc(C(=O)NC5CCC5)c(OC)c4)nc23)cc1. The maximum absolute atomic E-state index is 12.6. The molecule has 4 aromatic rings. The third-order valence-electron chi connectivity index (χ3n) is 5.91. The summed E-state index contributed by atoms with van der Waals surface area (Å²) in [5.74, 6) is 1.63. The molecule has 0 radical (unpaired) electrons. The van der Waals surface area contributed by atoms with Gasteiger partial charge in [0.25, 0.3) is 5.91 Å². The lowest BCUT2D eigenvalue weighted by atomic mass is 9.93. The third-order valence-corrected chi connectivity index (χ3v) is 5.91. The van der Waals surface area contributed by atoms with Crippen LogP contribution in [0.4, 0.5) is 11.6 Å². The number of aromatic nitrogens is 3. The molecule has 0 aliphatic heterocycles. The Morgan fingerprint density at radius 2 is 1.88 bits per heavy atom. The topological polar surface area (TPSA) is 89.8 Å². The van der Waals surface area contributed by atoms with E-state index in [0.717, 1.165) is 47.5 Å². The molecule has 1 fully saturated rings. The molecule has 33 heavy (non-hydrogen) atoms. The molecule has 0 atom stereocenters. The minimum atomic E-state index is -0.113. The number of hydrogen-bond donors (Lipinski definition) is 2. The smallest absolute Gasteiger partial charge is 0.255 e. The number of methoxy groups -OCH3 is 2. The molecule has 2 aromatic heterocycles. The van der Waals surface area contributed by atoms with E-state index in [0.29, 0.717) is 17.3 Å². The molecule has 1 saturated carbocycles. The molecule has 0 unspecified atom stereocenters. The molecule has 0 spiro atoms. The summed E-state index contributed by atoms with van der Waals surface area (Å²) in [5, 5.41) is 10.8. The molecule has 168 valence electrons. The van der Waals surface area contributed by atoms with Crippen LogP contribution in [0.25, 0.3) is 16.8 Å². The number of carbonyl (C=O) groups is 1. The van der Waals surface area contributed by atoms with Gasteiger partial charge < -0.3 is 20.1 Å². The van der Waals surface area contributed by atoms with Gasteiger partial charge in [0.05, 0.1) is 19.8 Å². The largest absolute Gasteiger partial charge is 0.497 e. The maximum atomic E-state index is 12.6. The van der Waals surface area contributed by atoms with Crippen LogP contribution in [0.5, 0.6) is 11.5 Å². The fraction of sp³-hybridized carbons (Fsp3) is 0.240. The lowest BCUT2D eigenvalue weighted by Gasteiger charge is -2.26. The van der Waals surface area contributed by atoms with Crippen LogP contribution in [0.2, 0.25) is 0 Å². The van der Waals surface area contributed by atoms with E-state index in [-0.39, 0.29) is 11.9 Å². The van der Waals surface area contributed by atoms with Gasteiger partial charge in [-0.05, 0) is 61.2 Å². The number of hydrogen-bond acceptors (Lipinski definition) is 6. The minimum Gasteiger partial charge on any atom is -0.497 e. The molecule has 8 heteroatoms. The summed E-state index contributed by atoms with van der Waals surface area (Å²) in [6.07, 6.45) is 5.09. The van der Waals surface area contributed by atoms with E-state index in [1.807, 2.05) is 48.7 Å². The first-order valence-corrected chi connectivity index (χ1v) is 10.9. The van der Waals surface area contributed by atoms with Gasteiger partial charge in [-0.3, -0.25) is 4.79 Å². The minimum absolute atomic E-state index is 0.113. The number of ether oxygens (including phenoxy) is 2. The number of amides is 1. The van der Waals surface area contributed by atoms with Crippen LogP contribution < -0.4 is 20.1 Å². The van der Waals surface area contributed by atoms with Gasteiger partial charge >= 0.3 is 0 Å². The number of nitrogens with zero attached hydrogens (tertiary/aromatic N) is 3. The van der Waals surface area contributed by atoms with Gasteiger partial charge in [0.15, 0.2) is 5.65 Å². The van der Waals surface area contributed by atoms with Crippen molar-refractivity contribution in [1.82, 2.24) is 19.9 Å². The number of fused-ring (bicyclic) bond motifs is 1. The molecular formula is C25H25N5O3. The first-order valence-electron chi connectivity index (χ1n) is 10.9. The Bertz CT molecular complexity index is 1300. The van der Waals surface area contributed by atoms with Crippen LogP contribution in [0.15, 0.2) is 60.8 Å². The highest BCUT2D eigenvalue weighted by atomic mass is 16.5. The van der Waals surface area contributed by atoms with E-state index in [4.69, 9.17) is 9.47 Å². The Balaban J connectivity index is 1.40. The predicted molar refractivity (Wildman–Crippen MR) is 126 cm³/mol. The zero-order valence-corrected chi connectivity index (χ0v) is 18.5. The second kappa shape index (κ2) is 8.82. The van der Waals surface area contributed by atoms with Crippen LogP contribution in [0.1, 0.15) is 29.6 Å². The quantitative estimate of drug-likeness (QED) is 0.439. The van der Waals surface area contributed by atoms with Crippen LogP contribution in [-0.2, 0) is 0 Å². The molecule has 0 saturated heterocycles. The van der Waals surface area contributed by atoms with E-state index >= 15 is 0 Å². The molecule has 2 heterocycles. The Labute approximate surface area is 191 Å². The van der Waals surface area contributed by atoms with Crippen molar-refractivity contribution in [3.8, 4) is 22.6 Å². The third kappa shape index (κ3) is 4.19. The van der Waals surface area contributed by atoms with E-state index in [9.17, 15) is 4.79 Å². The summed E-state index contributed by atoms with van der Waals surface area (Å²) in [6.45, 7) is 0. The van der Waals surface area contributed by atoms with Gasteiger partial charge in [0, 0.05) is 29.6 Å². The second-order valence-corrected chi connectivity index (χ2v) is 8.00. The van der Waals surface area contributed by atoms with Gasteiger partial charge in [-0.25, -0.2) is 4.52 Å². The summed E-state index contributed by atoms with van der Waals surface area (Å²) in [7, 11) is 3.21. The van der Waals surface area contributed by atoms with Gasteiger partial charge in [0.2, 0.25) is 5.95 Å². The number of anilines is 2. The zero-order chi connectivity index (χ0) is 22.8. The lowest BCUT2D eigenvalue weighted by molar-refractivity contribution is 0.0914. The number of pyridine rings is 1. The predicted octanol–water partition coefficient (Wildman–Crippen LogP) is 4.44. The first-order chi connectivity index (χ1) is 16.1. The highest BCUT2D eigenvalue weighted by Crippen LogP contribution is 2.29. The molecular weight excluding hydrogens is 418 g/mol. The van der Waals surface area contributed by atoms with Gasteiger partial charge in [-0.2, -0.15) is 4.98 Å². The van der Waals surface area contributed by atoms with Crippen molar-refractivity contribution in [3.63, 3.8) is 0 Å². The molecule has 0 bridgehead atoms. The molecule has 1 aliphatic carbocycles. The van der Waals surface area contributed by atoms with Crippen molar-refractivity contribution in [2.45, 2.75) is 25.3 Å². The summed E-state index contributed by atoms with van der Waals surface area (Å²) in [4.78, 5) is 17.3. The lowest BCUT2D eigenvalue weighted by Crippen LogP contribution is -2.39. The monoisotopic (exact) mass is 443 g/mol. The Kier molecular flexibility index (Phi) is 5.56. The van der Waals surface area contributed by atoms with E-state index in [1.165, 1.54) is 0 Å². The van der Waals surface area contributed by atoms with Crippen molar-refractivity contribution in [1.29, 1.82) is 0 Å². The number of benzene rings is 2. The molecule has 8 nitrogen and oxygen atoms in total. The van der Waals surface area contributed by atoms with Gasteiger partial charge in [-0.1, -0.05) is 12.1 Å². The van der Waals surface area contributed by atoms with Gasteiger partial charge in [0.1, 0.15) is 11.5 Å². The highest BCUT2D eigenvalue weighted by molar-refractivity contribution is 5.97. The first kappa shape index (κ1) is 20.8. The average molecular weight is 444 g/mol. The van der Waals surface area contributed by atoms with Crippen LogP contribution in [0.3, 0.4) is 0 Å². The zero-order valence-electron chi connectivity index (χ0n) is 18.5. The number of nitrogens with one attached hydrogen (secondary N) is 2. The summed E-state index contributed by atoms with van der Waals surface area (Å²) < 4.78 is 12.5. The number of rotatable bonds is 7. The molecule has 2 N–H and O–H groups in total. The Hall–Kier alpha value is -4.07. The van der Waals surface area contributed by atoms with E-state index in [2.05, 4.69) is 20.7 Å². The highest BCUT2D eigenvalue weighted by Gasteiger charge is 2.22. The van der Waals surface area contributed by atoms with Crippen molar-refractivity contribution in [2.24, 2.45) is 0 Å². The number of carbonyl (C=O) groups excluding carboxylic acids is 1. The van der Waals surface area contributed by atoms with Crippen LogP contribution in [0, 0.1) is 0 Å². The average Bonchev–Trinajstić information content (AvgIpc) is 3.23. The molecule has 1 amide bonds. The molecule has 2 aromatic carbocycles. The second-order valence-electron chi connectivity index (χ2n) is 8.00. The van der Waals surface area contributed by atoms with Crippen molar-refractivity contribution in [3.05, 3.63) is 66.4 Å². The van der Waals surface area contributed by atoms with Crippen molar-refractivity contribution in [2.75, 3.05) is 19.5 Å². The standard InChI is InChI=1S/C25H25N5O3/c1-32-19-11-8-16(9-12-19)20-7-4-14-30-23(20)28-25(29-30)27-18-10-13-21(22(15-18)33-2)24(31)26-17-5-3-6-17/h4,7-15,17H,3,5-6H2,1-2H3,(H,26,31)(H,27,29). The van der Waals surface area contributed by atoms with Crippen molar-refractivity contribution >= 4 is 23.2 Å². The Morgan fingerprint density at radius 3 is 2.58 bits per heavy atom. The fourth-order valence-electron chi connectivity index (χ4n) is 3.86. The summed E-state index contributed by atoms with van der Waals surface area (Å²) in [5.41, 5.74) is 3.95. The van der Waals surface area contributed by atoms with Crippen LogP contribution >= 0.6 is 0 Å². The van der Waals surface area contributed by atoms with E-state index < -0.39 is 0 Å². The van der Waals surface area contributed by atoms with Crippen molar-refractivity contribution < 1.29 is 14.3 Å². The molecule has 1 aliphatic rings. The maximum Gasteiger partial charge on any atom is 0.255 e. The van der Waals surface area contributed by atoms with Crippen LogP contribution in [-0.4, -0.2) is 40.8 Å². The van der Waals surface area contributed by atoms with E-state index in [1.54, 1.807) is 30.9 Å². The van der Waals surface area contributed by atoms with Gasteiger partial charge in [-0.15, -0.1) is 5.10 Å². The normalized spacial score (nSPS) is 13.4. The fourth-order valence-corrected chi connectivity index (χ4v) is 3.86. The molecule has 5 rings (SSSR count).